The van der Waals surface area contributed by atoms with Crippen molar-refractivity contribution in [2.75, 3.05) is 19.6 Å². The van der Waals surface area contributed by atoms with Gasteiger partial charge in [0, 0.05) is 42.4 Å². The van der Waals surface area contributed by atoms with E-state index in [2.05, 4.69) is 17.3 Å². The molecule has 1 N–H and O–H groups in total. The van der Waals surface area contributed by atoms with Crippen molar-refractivity contribution in [3.63, 3.8) is 0 Å². The second kappa shape index (κ2) is 8.02. The summed E-state index contributed by atoms with van der Waals surface area (Å²) in [6.45, 7) is 7.78. The molecule has 1 fully saturated rings. The van der Waals surface area contributed by atoms with Crippen molar-refractivity contribution in [3.05, 3.63) is 57.0 Å². The molecule has 0 bridgehead atoms. The minimum Gasteiger partial charge on any atom is -0.407 e. The van der Waals surface area contributed by atoms with Gasteiger partial charge in [0.15, 0.2) is 5.75 Å². The monoisotopic (exact) mass is 426 g/mol. The lowest BCUT2D eigenvalue weighted by Gasteiger charge is -2.39. The van der Waals surface area contributed by atoms with Crippen molar-refractivity contribution in [2.45, 2.75) is 64.5 Å². The smallest absolute Gasteiger partial charge is 0.256 e. The van der Waals surface area contributed by atoms with Gasteiger partial charge in [-0.3, -0.25) is 9.36 Å². The maximum Gasteiger partial charge on any atom is 0.256 e. The molecule has 1 aromatic heterocycles. The average Bonchev–Trinajstić information content (AvgIpc) is 3.11. The van der Waals surface area contributed by atoms with Crippen molar-refractivity contribution in [1.82, 2.24) is 19.9 Å². The number of hydrogen-bond donors (Lipinski definition) is 1. The Bertz CT molecular complexity index is 1040. The number of halogens is 1. The SMILES string of the molecule is Cc1nc2n(c(=O)c1CCN1CCC(C3(C)NOc4cc(F)ccc43)CC1)CCCC2. The summed E-state index contributed by atoms with van der Waals surface area (Å²) < 4.78 is 15.4. The molecular formula is C24H31FN4O2. The lowest BCUT2D eigenvalue weighted by molar-refractivity contribution is 0.0551. The van der Waals surface area contributed by atoms with E-state index in [9.17, 15) is 9.18 Å². The predicted octanol–water partition coefficient (Wildman–Crippen LogP) is 3.09. The van der Waals surface area contributed by atoms with E-state index in [-0.39, 0.29) is 16.9 Å². The molecule has 1 saturated heterocycles. The summed E-state index contributed by atoms with van der Waals surface area (Å²) in [4.78, 5) is 25.8. The Morgan fingerprint density at radius 3 is 2.87 bits per heavy atom. The topological polar surface area (TPSA) is 59.4 Å². The summed E-state index contributed by atoms with van der Waals surface area (Å²) in [5.74, 6) is 1.69. The number of piperidine rings is 1. The molecule has 31 heavy (non-hydrogen) atoms. The van der Waals surface area contributed by atoms with Crippen LogP contribution in [0.15, 0.2) is 23.0 Å². The highest BCUT2D eigenvalue weighted by atomic mass is 19.1. The van der Waals surface area contributed by atoms with Crippen LogP contribution in [-0.4, -0.2) is 34.1 Å². The van der Waals surface area contributed by atoms with Gasteiger partial charge in [-0.05, 0) is 71.0 Å². The van der Waals surface area contributed by atoms with Crippen LogP contribution in [0.25, 0.3) is 0 Å². The van der Waals surface area contributed by atoms with E-state index in [0.29, 0.717) is 11.7 Å². The molecule has 0 aliphatic carbocycles. The molecular weight excluding hydrogens is 395 g/mol. The summed E-state index contributed by atoms with van der Waals surface area (Å²) in [6.07, 6.45) is 5.92. The maximum absolute atomic E-state index is 13.5. The minimum absolute atomic E-state index is 0.167. The molecule has 1 atom stereocenters. The van der Waals surface area contributed by atoms with Crippen LogP contribution in [0.5, 0.6) is 5.75 Å². The number of nitrogens with one attached hydrogen (secondary N) is 1. The van der Waals surface area contributed by atoms with Crippen LogP contribution in [0.3, 0.4) is 0 Å². The van der Waals surface area contributed by atoms with Crippen molar-refractivity contribution < 1.29 is 9.23 Å². The van der Waals surface area contributed by atoms with Crippen molar-refractivity contribution >= 4 is 0 Å². The Morgan fingerprint density at radius 1 is 1.26 bits per heavy atom. The van der Waals surface area contributed by atoms with Gasteiger partial charge < -0.3 is 9.74 Å². The second-order valence-electron chi connectivity index (χ2n) is 9.42. The number of hydrogen-bond acceptors (Lipinski definition) is 5. The zero-order valence-corrected chi connectivity index (χ0v) is 18.4. The van der Waals surface area contributed by atoms with Gasteiger partial charge in [0.1, 0.15) is 11.6 Å². The molecule has 1 unspecified atom stereocenters. The molecule has 0 amide bonds. The third-order valence-electron chi connectivity index (χ3n) is 7.54. The fourth-order valence-electron chi connectivity index (χ4n) is 5.55. The maximum atomic E-state index is 13.5. The summed E-state index contributed by atoms with van der Waals surface area (Å²) in [6, 6.07) is 4.81. The summed E-state index contributed by atoms with van der Waals surface area (Å²) in [5.41, 5.74) is 5.86. The molecule has 0 radical (unpaired) electrons. The Balaban J connectivity index is 1.22. The van der Waals surface area contributed by atoms with Gasteiger partial charge in [-0.25, -0.2) is 9.37 Å². The summed E-state index contributed by atoms with van der Waals surface area (Å²) in [7, 11) is 0. The zero-order valence-electron chi connectivity index (χ0n) is 18.4. The van der Waals surface area contributed by atoms with E-state index in [1.807, 2.05) is 17.6 Å². The number of nitrogens with zero attached hydrogens (tertiary/aromatic N) is 3. The van der Waals surface area contributed by atoms with Gasteiger partial charge >= 0.3 is 0 Å². The van der Waals surface area contributed by atoms with Gasteiger partial charge in [0.25, 0.3) is 5.56 Å². The fourth-order valence-corrected chi connectivity index (χ4v) is 5.55. The van der Waals surface area contributed by atoms with E-state index in [0.717, 1.165) is 87.3 Å². The van der Waals surface area contributed by atoms with Crippen LogP contribution in [0.1, 0.15) is 55.3 Å². The molecule has 2 aromatic rings. The van der Waals surface area contributed by atoms with Crippen molar-refractivity contribution in [3.8, 4) is 5.75 Å². The number of benzene rings is 1. The first-order chi connectivity index (χ1) is 15.0. The number of fused-ring (bicyclic) bond motifs is 2. The number of aromatic nitrogens is 2. The lowest BCUT2D eigenvalue weighted by Crippen LogP contribution is -2.48. The van der Waals surface area contributed by atoms with Gasteiger partial charge in [0.2, 0.25) is 0 Å². The van der Waals surface area contributed by atoms with E-state index in [1.54, 1.807) is 0 Å². The van der Waals surface area contributed by atoms with Crippen molar-refractivity contribution in [2.24, 2.45) is 5.92 Å². The van der Waals surface area contributed by atoms with Gasteiger partial charge in [0.05, 0.1) is 5.54 Å². The van der Waals surface area contributed by atoms with E-state index >= 15 is 0 Å². The fraction of sp³-hybridized carbons (Fsp3) is 0.583. The quantitative estimate of drug-likeness (QED) is 0.814. The van der Waals surface area contributed by atoms with E-state index in [4.69, 9.17) is 9.82 Å². The largest absolute Gasteiger partial charge is 0.407 e. The van der Waals surface area contributed by atoms with Crippen LogP contribution in [-0.2, 0) is 24.9 Å². The summed E-state index contributed by atoms with van der Waals surface area (Å²) in [5, 5.41) is 0. The molecule has 6 nitrogen and oxygen atoms in total. The van der Waals surface area contributed by atoms with Crippen LogP contribution < -0.4 is 15.9 Å². The van der Waals surface area contributed by atoms with E-state index < -0.39 is 0 Å². The van der Waals surface area contributed by atoms with Crippen LogP contribution in [0, 0.1) is 18.7 Å². The third-order valence-corrected chi connectivity index (χ3v) is 7.54. The van der Waals surface area contributed by atoms with Crippen LogP contribution >= 0.6 is 0 Å². The Kier molecular flexibility index (Phi) is 5.34. The predicted molar refractivity (Wildman–Crippen MR) is 117 cm³/mol. The molecule has 0 saturated carbocycles. The Hall–Kier alpha value is -2.25. The standard InChI is InChI=1S/C24H31FN4O2/c1-16-19(23(30)29-11-4-3-5-22(29)26-16)10-14-28-12-8-17(9-13-28)24(2)20-7-6-18(25)15-21(20)31-27-24/h6-7,15,17,27H,3-5,8-14H2,1-2H3. The molecule has 166 valence electrons. The first-order valence-electron chi connectivity index (χ1n) is 11.5. The number of rotatable bonds is 4. The first kappa shape index (κ1) is 20.6. The highest BCUT2D eigenvalue weighted by Gasteiger charge is 2.44. The first-order valence-corrected chi connectivity index (χ1v) is 11.5. The molecule has 3 aliphatic rings. The molecule has 7 heteroatoms. The minimum atomic E-state index is -0.299. The van der Waals surface area contributed by atoms with Gasteiger partial charge in [-0.15, -0.1) is 5.48 Å². The molecule has 5 rings (SSSR count). The number of likely N-dealkylation sites (tertiary alicyclic amines) is 1. The molecule has 1 aromatic carbocycles. The number of aryl methyl sites for hydroxylation is 2. The highest BCUT2D eigenvalue weighted by Crippen LogP contribution is 2.44. The Labute approximate surface area is 182 Å². The average molecular weight is 427 g/mol. The highest BCUT2D eigenvalue weighted by molar-refractivity contribution is 5.42. The second-order valence-corrected chi connectivity index (χ2v) is 9.42. The molecule has 4 heterocycles. The molecule has 0 spiro atoms. The molecule has 3 aliphatic heterocycles. The number of hydroxylamine groups is 1. The normalized spacial score (nSPS) is 24.0. The van der Waals surface area contributed by atoms with Crippen LogP contribution in [0.2, 0.25) is 0 Å². The van der Waals surface area contributed by atoms with Crippen molar-refractivity contribution in [1.29, 1.82) is 0 Å². The van der Waals surface area contributed by atoms with Gasteiger partial charge in [-0.2, -0.15) is 0 Å². The Morgan fingerprint density at radius 2 is 2.06 bits per heavy atom. The zero-order chi connectivity index (χ0) is 21.6. The van der Waals surface area contributed by atoms with Gasteiger partial charge in [-0.1, -0.05) is 6.07 Å². The lowest BCUT2D eigenvalue weighted by atomic mass is 9.75. The third kappa shape index (κ3) is 3.68. The van der Waals surface area contributed by atoms with Crippen LogP contribution in [0.4, 0.5) is 4.39 Å². The summed E-state index contributed by atoms with van der Waals surface area (Å²) >= 11 is 0. The van der Waals surface area contributed by atoms with E-state index in [1.165, 1.54) is 12.1 Å².